The number of para-hydroxylation sites is 1. The first-order valence-electron chi connectivity index (χ1n) is 9.48. The smallest absolute Gasteiger partial charge is 0.160 e. The van der Waals surface area contributed by atoms with Gasteiger partial charge in [0.05, 0.1) is 13.7 Å². The van der Waals surface area contributed by atoms with Crippen LogP contribution in [0.1, 0.15) is 16.7 Å². The highest BCUT2D eigenvalue weighted by molar-refractivity contribution is 5.95. The topological polar surface area (TPSA) is 55.8 Å². The van der Waals surface area contributed by atoms with E-state index in [1.807, 2.05) is 42.5 Å². The zero-order valence-electron chi connectivity index (χ0n) is 16.4. The van der Waals surface area contributed by atoms with Gasteiger partial charge in [0.1, 0.15) is 5.75 Å². The summed E-state index contributed by atoms with van der Waals surface area (Å²) in [5.74, 6) is 1.13. The molecule has 148 valence electrons. The summed E-state index contributed by atoms with van der Waals surface area (Å²) in [6.45, 7) is 0.552. The highest BCUT2D eigenvalue weighted by atomic mass is 16.5. The summed E-state index contributed by atoms with van der Waals surface area (Å²) >= 11 is 0. The number of allylic oxidation sites excluding steroid dienone is 1. The van der Waals surface area contributed by atoms with Crippen molar-refractivity contribution in [2.24, 2.45) is 0 Å². The first-order chi connectivity index (χ1) is 14.2. The predicted molar refractivity (Wildman–Crippen MR) is 114 cm³/mol. The minimum atomic E-state index is -0.0422. The molecule has 29 heavy (non-hydrogen) atoms. The normalized spacial score (nSPS) is 10.8. The number of phenols is 1. The third kappa shape index (κ3) is 5.98. The lowest BCUT2D eigenvalue weighted by Gasteiger charge is -2.10. The van der Waals surface area contributed by atoms with Gasteiger partial charge in [0.2, 0.25) is 0 Å². The van der Waals surface area contributed by atoms with Gasteiger partial charge in [-0.2, -0.15) is 0 Å². The molecule has 0 radical (unpaired) electrons. The number of carbonyl (C=O) groups is 1. The van der Waals surface area contributed by atoms with E-state index in [1.54, 1.807) is 24.3 Å². The van der Waals surface area contributed by atoms with Crippen molar-refractivity contribution in [3.63, 3.8) is 0 Å². The zero-order chi connectivity index (χ0) is 20.5. The van der Waals surface area contributed by atoms with Crippen LogP contribution in [0.25, 0.3) is 6.08 Å². The fourth-order valence-electron chi connectivity index (χ4n) is 2.96. The van der Waals surface area contributed by atoms with Gasteiger partial charge in [0, 0.05) is 18.4 Å². The summed E-state index contributed by atoms with van der Waals surface area (Å²) in [5, 5.41) is 9.83. The molecule has 0 aliphatic rings. The van der Waals surface area contributed by atoms with Crippen molar-refractivity contribution in [3.05, 3.63) is 95.6 Å². The quantitative estimate of drug-likeness (QED) is 0.533. The largest absolute Gasteiger partial charge is 0.504 e. The Morgan fingerprint density at radius 2 is 1.72 bits per heavy atom. The molecule has 0 aromatic heterocycles. The number of hydrogen-bond acceptors (Lipinski definition) is 4. The first kappa shape index (κ1) is 20.2. The molecule has 0 saturated heterocycles. The second-order valence-electron chi connectivity index (χ2n) is 6.60. The van der Waals surface area contributed by atoms with E-state index in [0.717, 1.165) is 23.3 Å². The minimum absolute atomic E-state index is 0.0410. The number of methoxy groups -OCH3 is 1. The van der Waals surface area contributed by atoms with Gasteiger partial charge in [0.15, 0.2) is 17.3 Å². The predicted octanol–water partition coefficient (Wildman–Crippen LogP) is 4.85. The van der Waals surface area contributed by atoms with Gasteiger partial charge in [-0.25, -0.2) is 0 Å². The van der Waals surface area contributed by atoms with Gasteiger partial charge >= 0.3 is 0 Å². The summed E-state index contributed by atoms with van der Waals surface area (Å²) in [7, 11) is 1.49. The molecular weight excluding hydrogens is 364 g/mol. The van der Waals surface area contributed by atoms with E-state index in [0.29, 0.717) is 12.4 Å². The van der Waals surface area contributed by atoms with Crippen molar-refractivity contribution >= 4 is 11.9 Å². The summed E-state index contributed by atoms with van der Waals surface area (Å²) in [6.07, 6.45) is 4.26. The van der Waals surface area contributed by atoms with Gasteiger partial charge in [-0.1, -0.05) is 60.7 Å². The standard InChI is InChI=1S/C25H24O4/c1-28-25-14-12-20(17-23(25)27)11-13-22(26)18-21-9-5-6-10-24(21)29-16-15-19-7-3-2-4-8-19/h2-14,17,27H,15-16,18H2,1H3/b13-11+. The second-order valence-corrected chi connectivity index (χ2v) is 6.60. The first-order valence-corrected chi connectivity index (χ1v) is 9.48. The Kier molecular flexibility index (Phi) is 7.06. The van der Waals surface area contributed by atoms with Crippen LogP contribution < -0.4 is 9.47 Å². The highest BCUT2D eigenvalue weighted by Gasteiger charge is 2.07. The minimum Gasteiger partial charge on any atom is -0.504 e. The molecule has 4 heteroatoms. The average Bonchev–Trinajstić information content (AvgIpc) is 2.74. The number of ketones is 1. The number of ether oxygens (including phenoxy) is 2. The molecule has 0 amide bonds. The van der Waals surface area contributed by atoms with Gasteiger partial charge < -0.3 is 14.6 Å². The lowest BCUT2D eigenvalue weighted by molar-refractivity contribution is -0.114. The Labute approximate surface area is 171 Å². The molecule has 0 heterocycles. The molecule has 3 aromatic carbocycles. The third-order valence-corrected chi connectivity index (χ3v) is 4.49. The number of benzene rings is 3. The molecule has 0 saturated carbocycles. The lowest BCUT2D eigenvalue weighted by atomic mass is 10.1. The van der Waals surface area contributed by atoms with E-state index in [1.165, 1.54) is 18.7 Å². The number of carbonyl (C=O) groups excluding carboxylic acids is 1. The fourth-order valence-corrected chi connectivity index (χ4v) is 2.96. The Morgan fingerprint density at radius 1 is 0.966 bits per heavy atom. The van der Waals surface area contributed by atoms with Crippen LogP contribution >= 0.6 is 0 Å². The lowest BCUT2D eigenvalue weighted by Crippen LogP contribution is -2.06. The Morgan fingerprint density at radius 3 is 2.48 bits per heavy atom. The second kappa shape index (κ2) is 10.1. The van der Waals surface area contributed by atoms with Crippen LogP contribution in [0.15, 0.2) is 78.9 Å². The number of rotatable bonds is 9. The molecule has 0 spiro atoms. The monoisotopic (exact) mass is 388 g/mol. The van der Waals surface area contributed by atoms with E-state index >= 15 is 0 Å². The van der Waals surface area contributed by atoms with Crippen molar-refractivity contribution in [1.82, 2.24) is 0 Å². The van der Waals surface area contributed by atoms with E-state index < -0.39 is 0 Å². The zero-order valence-corrected chi connectivity index (χ0v) is 16.4. The molecule has 4 nitrogen and oxygen atoms in total. The molecule has 1 N–H and O–H groups in total. The third-order valence-electron chi connectivity index (χ3n) is 4.49. The average molecular weight is 388 g/mol. The van der Waals surface area contributed by atoms with Crippen LogP contribution in [0.5, 0.6) is 17.2 Å². The van der Waals surface area contributed by atoms with Crippen LogP contribution in [-0.4, -0.2) is 24.6 Å². The molecule has 3 rings (SSSR count). The van der Waals surface area contributed by atoms with Crippen LogP contribution in [0.2, 0.25) is 0 Å². The summed E-state index contributed by atoms with van der Waals surface area (Å²) in [6, 6.07) is 22.8. The summed E-state index contributed by atoms with van der Waals surface area (Å²) in [5.41, 5.74) is 2.79. The van der Waals surface area contributed by atoms with E-state index in [-0.39, 0.29) is 18.0 Å². The Hall–Kier alpha value is -3.53. The molecule has 3 aromatic rings. The van der Waals surface area contributed by atoms with Crippen molar-refractivity contribution in [1.29, 1.82) is 0 Å². The maximum Gasteiger partial charge on any atom is 0.160 e. The van der Waals surface area contributed by atoms with E-state index in [9.17, 15) is 9.90 Å². The molecule has 0 fully saturated rings. The van der Waals surface area contributed by atoms with Gasteiger partial charge in [-0.15, -0.1) is 0 Å². The van der Waals surface area contributed by atoms with Gasteiger partial charge in [-0.05, 0) is 35.4 Å². The molecule has 0 unspecified atom stereocenters. The van der Waals surface area contributed by atoms with Crippen LogP contribution in [-0.2, 0) is 17.6 Å². The van der Waals surface area contributed by atoms with E-state index in [4.69, 9.17) is 9.47 Å². The summed E-state index contributed by atoms with van der Waals surface area (Å²) < 4.78 is 10.9. The Bertz CT molecular complexity index is 977. The molecule has 0 bridgehead atoms. The highest BCUT2D eigenvalue weighted by Crippen LogP contribution is 2.26. The summed E-state index contributed by atoms with van der Waals surface area (Å²) in [4.78, 5) is 12.4. The molecule has 0 atom stereocenters. The SMILES string of the molecule is COc1ccc(/C=C/C(=O)Cc2ccccc2OCCc2ccccc2)cc1O. The van der Waals surface area contributed by atoms with E-state index in [2.05, 4.69) is 12.1 Å². The van der Waals surface area contributed by atoms with Crippen LogP contribution in [0.4, 0.5) is 0 Å². The van der Waals surface area contributed by atoms with Gasteiger partial charge in [-0.3, -0.25) is 4.79 Å². The molecule has 0 aliphatic carbocycles. The Balaban J connectivity index is 1.59. The van der Waals surface area contributed by atoms with Crippen LogP contribution in [0.3, 0.4) is 0 Å². The van der Waals surface area contributed by atoms with Crippen molar-refractivity contribution in [3.8, 4) is 17.2 Å². The van der Waals surface area contributed by atoms with Crippen LogP contribution in [0, 0.1) is 0 Å². The van der Waals surface area contributed by atoms with Crippen molar-refractivity contribution in [2.75, 3.05) is 13.7 Å². The van der Waals surface area contributed by atoms with Crippen molar-refractivity contribution < 1.29 is 19.4 Å². The number of phenolic OH excluding ortho intramolecular Hbond substituents is 1. The van der Waals surface area contributed by atoms with Crippen molar-refractivity contribution in [2.45, 2.75) is 12.8 Å². The maximum atomic E-state index is 12.4. The van der Waals surface area contributed by atoms with Gasteiger partial charge in [0.25, 0.3) is 0 Å². The molecular formula is C25H24O4. The maximum absolute atomic E-state index is 12.4. The number of aromatic hydroxyl groups is 1. The number of hydrogen-bond donors (Lipinski definition) is 1. The fraction of sp³-hybridized carbons (Fsp3) is 0.160. The molecule has 0 aliphatic heterocycles.